The lowest BCUT2D eigenvalue weighted by atomic mass is 9.90. The van der Waals surface area contributed by atoms with Gasteiger partial charge >= 0.3 is 0 Å². The van der Waals surface area contributed by atoms with E-state index in [1.54, 1.807) is 7.11 Å². The van der Waals surface area contributed by atoms with Crippen molar-refractivity contribution in [2.75, 3.05) is 79.8 Å². The summed E-state index contributed by atoms with van der Waals surface area (Å²) in [7, 11) is 1.65. The molecule has 0 aromatic heterocycles. The highest BCUT2D eigenvalue weighted by Gasteiger charge is 2.33. The molecule has 0 bridgehead atoms. The number of hydrogen-bond donors (Lipinski definition) is 0. The van der Waals surface area contributed by atoms with E-state index in [-0.39, 0.29) is 5.41 Å². The first kappa shape index (κ1) is 17.8. The van der Waals surface area contributed by atoms with Crippen molar-refractivity contribution in [3.8, 4) is 0 Å². The summed E-state index contributed by atoms with van der Waals surface area (Å²) in [6, 6.07) is 0. The van der Waals surface area contributed by atoms with Gasteiger partial charge in [-0.1, -0.05) is 6.92 Å². The van der Waals surface area contributed by atoms with Crippen LogP contribution in [0.2, 0.25) is 0 Å². The second-order valence-corrected chi connectivity index (χ2v) is 5.19. The van der Waals surface area contributed by atoms with Gasteiger partial charge in [0.05, 0.1) is 72.7 Å². The van der Waals surface area contributed by atoms with Crippen LogP contribution >= 0.6 is 0 Å². The van der Waals surface area contributed by atoms with Crippen LogP contribution in [-0.4, -0.2) is 79.8 Å². The first-order valence-corrected chi connectivity index (χ1v) is 7.14. The Kier molecular flexibility index (Phi) is 10.2. The predicted octanol–water partition coefficient (Wildman–Crippen LogP) is 0.736. The Bertz CT molecular complexity index is 220. The molecular formula is C14H28O6. The fourth-order valence-electron chi connectivity index (χ4n) is 1.65. The molecule has 20 heavy (non-hydrogen) atoms. The lowest BCUT2D eigenvalue weighted by molar-refractivity contribution is -0.141. The highest BCUT2D eigenvalue weighted by Crippen LogP contribution is 2.26. The van der Waals surface area contributed by atoms with Gasteiger partial charge in [0.2, 0.25) is 0 Å². The third-order valence-corrected chi connectivity index (χ3v) is 2.90. The van der Waals surface area contributed by atoms with Gasteiger partial charge in [0.15, 0.2) is 0 Å². The molecule has 1 saturated heterocycles. The Balaban J connectivity index is 1.68. The molecule has 6 heteroatoms. The van der Waals surface area contributed by atoms with Crippen LogP contribution < -0.4 is 0 Å². The summed E-state index contributed by atoms with van der Waals surface area (Å²) in [5, 5.41) is 0. The molecule has 0 atom stereocenters. The Morgan fingerprint density at radius 2 is 1.20 bits per heavy atom. The van der Waals surface area contributed by atoms with E-state index >= 15 is 0 Å². The van der Waals surface area contributed by atoms with Crippen LogP contribution in [0.4, 0.5) is 0 Å². The van der Waals surface area contributed by atoms with Crippen molar-refractivity contribution in [3.63, 3.8) is 0 Å². The van der Waals surface area contributed by atoms with E-state index < -0.39 is 0 Å². The molecule has 120 valence electrons. The van der Waals surface area contributed by atoms with Gasteiger partial charge in [-0.25, -0.2) is 0 Å². The molecule has 0 aliphatic carbocycles. The molecule has 0 saturated carbocycles. The van der Waals surface area contributed by atoms with Gasteiger partial charge in [-0.15, -0.1) is 0 Å². The van der Waals surface area contributed by atoms with E-state index in [0.29, 0.717) is 52.9 Å². The van der Waals surface area contributed by atoms with Crippen LogP contribution in [0.3, 0.4) is 0 Å². The molecule has 6 nitrogen and oxygen atoms in total. The van der Waals surface area contributed by atoms with Gasteiger partial charge in [-0.3, -0.25) is 0 Å². The molecule has 0 unspecified atom stereocenters. The van der Waals surface area contributed by atoms with Crippen molar-refractivity contribution in [3.05, 3.63) is 0 Å². The number of rotatable bonds is 14. The van der Waals surface area contributed by atoms with Crippen molar-refractivity contribution in [2.45, 2.75) is 6.92 Å². The van der Waals surface area contributed by atoms with Crippen LogP contribution in [0, 0.1) is 5.41 Å². The maximum Gasteiger partial charge on any atom is 0.0701 e. The molecule has 0 spiro atoms. The lowest BCUT2D eigenvalue weighted by Gasteiger charge is -2.37. The van der Waals surface area contributed by atoms with Crippen molar-refractivity contribution in [1.29, 1.82) is 0 Å². The van der Waals surface area contributed by atoms with Gasteiger partial charge in [0.25, 0.3) is 0 Å². The Morgan fingerprint density at radius 1 is 0.750 bits per heavy atom. The Labute approximate surface area is 121 Å². The molecule has 0 amide bonds. The quantitative estimate of drug-likeness (QED) is 0.440. The highest BCUT2D eigenvalue weighted by atomic mass is 16.6. The third kappa shape index (κ3) is 8.84. The predicted molar refractivity (Wildman–Crippen MR) is 74.1 cm³/mol. The average Bonchev–Trinajstić information content (AvgIpc) is 2.42. The summed E-state index contributed by atoms with van der Waals surface area (Å²) < 4.78 is 31.6. The first-order chi connectivity index (χ1) is 9.77. The maximum absolute atomic E-state index is 5.55. The summed E-state index contributed by atoms with van der Waals surface area (Å²) in [4.78, 5) is 0. The molecule has 0 N–H and O–H groups in total. The molecule has 0 radical (unpaired) electrons. The Hall–Kier alpha value is -0.240. The second-order valence-electron chi connectivity index (χ2n) is 5.19. The first-order valence-electron chi connectivity index (χ1n) is 7.14. The number of hydrogen-bond acceptors (Lipinski definition) is 6. The van der Waals surface area contributed by atoms with E-state index in [1.807, 2.05) is 0 Å². The van der Waals surface area contributed by atoms with Crippen LogP contribution in [0.5, 0.6) is 0 Å². The normalized spacial score (nSPS) is 17.1. The maximum atomic E-state index is 5.55. The number of ether oxygens (including phenoxy) is 6. The molecule has 1 fully saturated rings. The van der Waals surface area contributed by atoms with E-state index in [1.165, 1.54) is 0 Å². The molecule has 1 heterocycles. The standard InChI is InChI=1S/C14H28O6/c1-14(12-20-13-14)11-19-10-9-18-8-7-17-6-5-16-4-3-15-2/h3-13H2,1-2H3. The largest absolute Gasteiger partial charge is 0.382 e. The summed E-state index contributed by atoms with van der Waals surface area (Å²) in [5.74, 6) is 0. The van der Waals surface area contributed by atoms with Gasteiger partial charge in [0.1, 0.15) is 0 Å². The monoisotopic (exact) mass is 292 g/mol. The van der Waals surface area contributed by atoms with E-state index in [4.69, 9.17) is 28.4 Å². The summed E-state index contributed by atoms with van der Waals surface area (Å²) in [6.07, 6.45) is 0. The third-order valence-electron chi connectivity index (χ3n) is 2.90. The van der Waals surface area contributed by atoms with E-state index in [9.17, 15) is 0 Å². The van der Waals surface area contributed by atoms with Crippen LogP contribution in [0.1, 0.15) is 6.92 Å². The molecule has 0 aromatic rings. The molecule has 1 aliphatic rings. The zero-order valence-electron chi connectivity index (χ0n) is 12.7. The van der Waals surface area contributed by atoms with Crippen LogP contribution in [0.25, 0.3) is 0 Å². The van der Waals surface area contributed by atoms with Gasteiger partial charge in [-0.05, 0) is 0 Å². The van der Waals surface area contributed by atoms with Gasteiger partial charge < -0.3 is 28.4 Å². The van der Waals surface area contributed by atoms with Crippen molar-refractivity contribution in [1.82, 2.24) is 0 Å². The SMILES string of the molecule is COCCOCCOCCOCCOCC1(C)COC1. The van der Waals surface area contributed by atoms with Crippen molar-refractivity contribution >= 4 is 0 Å². The van der Waals surface area contributed by atoms with Crippen LogP contribution in [-0.2, 0) is 28.4 Å². The fourth-order valence-corrected chi connectivity index (χ4v) is 1.65. The van der Waals surface area contributed by atoms with Gasteiger partial charge in [0, 0.05) is 12.5 Å². The Morgan fingerprint density at radius 3 is 1.60 bits per heavy atom. The number of methoxy groups -OCH3 is 1. The lowest BCUT2D eigenvalue weighted by Crippen LogP contribution is -2.43. The zero-order chi connectivity index (χ0) is 14.5. The highest BCUT2D eigenvalue weighted by molar-refractivity contribution is 4.79. The topological polar surface area (TPSA) is 55.4 Å². The fraction of sp³-hybridized carbons (Fsp3) is 1.00. The van der Waals surface area contributed by atoms with Crippen molar-refractivity contribution in [2.24, 2.45) is 5.41 Å². The smallest absolute Gasteiger partial charge is 0.0701 e. The average molecular weight is 292 g/mol. The minimum absolute atomic E-state index is 0.214. The summed E-state index contributed by atoms with van der Waals surface area (Å²) in [5.41, 5.74) is 0.214. The second kappa shape index (κ2) is 11.4. The minimum Gasteiger partial charge on any atom is -0.382 e. The summed E-state index contributed by atoms with van der Waals surface area (Å²) in [6.45, 7) is 9.30. The summed E-state index contributed by atoms with van der Waals surface area (Å²) >= 11 is 0. The van der Waals surface area contributed by atoms with E-state index in [0.717, 1.165) is 19.8 Å². The van der Waals surface area contributed by atoms with E-state index in [2.05, 4.69) is 6.92 Å². The molecule has 0 aromatic carbocycles. The minimum atomic E-state index is 0.214. The van der Waals surface area contributed by atoms with Crippen LogP contribution in [0.15, 0.2) is 0 Å². The van der Waals surface area contributed by atoms with Gasteiger partial charge in [-0.2, -0.15) is 0 Å². The molecular weight excluding hydrogens is 264 g/mol. The molecule has 1 aliphatic heterocycles. The molecule has 1 rings (SSSR count). The zero-order valence-corrected chi connectivity index (χ0v) is 12.7. The van der Waals surface area contributed by atoms with Crippen molar-refractivity contribution < 1.29 is 28.4 Å².